The zero-order chi connectivity index (χ0) is 15.6. The van der Waals surface area contributed by atoms with Crippen LogP contribution >= 0.6 is 0 Å². The molecule has 0 fully saturated rings. The summed E-state index contributed by atoms with van der Waals surface area (Å²) >= 11 is 0. The molecule has 0 aliphatic rings. The summed E-state index contributed by atoms with van der Waals surface area (Å²) in [4.78, 5) is 3.95. The zero-order valence-corrected chi connectivity index (χ0v) is 14.9. The molecule has 0 aliphatic heterocycles. The summed E-state index contributed by atoms with van der Waals surface area (Å²) in [5, 5.41) is 0. The summed E-state index contributed by atoms with van der Waals surface area (Å²) in [5.74, 6) is 0. The summed E-state index contributed by atoms with van der Waals surface area (Å²) in [6, 6.07) is 0. The largest absolute Gasteiger partial charge is 0.332 e. The maximum atomic E-state index is 3.95. The van der Waals surface area contributed by atoms with E-state index >= 15 is 0 Å². The van der Waals surface area contributed by atoms with Crippen LogP contribution in [0.5, 0.6) is 0 Å². The molecular weight excluding hydrogens is 244 g/mol. The number of unbranched alkanes of at least 4 members (excludes halogenated alkanes) is 4. The van der Waals surface area contributed by atoms with Crippen LogP contribution in [-0.2, 0) is 5.54 Å². The van der Waals surface area contributed by atoms with E-state index in [1.165, 1.54) is 38.5 Å². The Bertz CT molecular complexity index is 312. The van der Waals surface area contributed by atoms with Crippen molar-refractivity contribution >= 4 is 0 Å². The van der Waals surface area contributed by atoms with Gasteiger partial charge in [-0.05, 0) is 32.6 Å². The highest BCUT2D eigenvalue weighted by Crippen LogP contribution is 2.22. The molecule has 0 N–H and O–H groups in total. The zero-order valence-electron chi connectivity index (χ0n) is 14.9. The second kappa shape index (κ2) is 9.20. The number of nitrogens with zero attached hydrogens (tertiary/aromatic N) is 2. The molecule has 2 heteroatoms. The second-order valence-corrected chi connectivity index (χ2v) is 7.87. The van der Waals surface area contributed by atoms with Crippen LogP contribution in [0.4, 0.5) is 0 Å². The van der Waals surface area contributed by atoms with Crippen molar-refractivity contribution < 1.29 is 0 Å². The molecule has 0 atom stereocenters. The lowest BCUT2D eigenvalue weighted by Gasteiger charge is -2.19. The molecule has 1 aromatic heterocycles. The molecule has 0 amide bonds. The van der Waals surface area contributed by atoms with Gasteiger partial charge in [0.05, 0.1) is 6.33 Å². The average molecular weight is 280 g/mol. The van der Waals surface area contributed by atoms with E-state index in [0.717, 1.165) is 0 Å². The summed E-state index contributed by atoms with van der Waals surface area (Å²) in [6.45, 7) is 15.7. The first-order valence-electron chi connectivity index (χ1n) is 8.15. The number of aromatic nitrogens is 2. The van der Waals surface area contributed by atoms with Crippen molar-refractivity contribution in [3.05, 3.63) is 18.7 Å². The van der Waals surface area contributed by atoms with Crippen LogP contribution < -0.4 is 0 Å². The van der Waals surface area contributed by atoms with Gasteiger partial charge in [0.2, 0.25) is 0 Å². The van der Waals surface area contributed by atoms with Crippen molar-refractivity contribution in [3.63, 3.8) is 0 Å². The smallest absolute Gasteiger partial charge is 0.0950 e. The van der Waals surface area contributed by atoms with Gasteiger partial charge in [-0.15, -0.1) is 0 Å². The first-order valence-corrected chi connectivity index (χ1v) is 8.15. The van der Waals surface area contributed by atoms with Crippen molar-refractivity contribution in [2.24, 2.45) is 5.41 Å². The van der Waals surface area contributed by atoms with Gasteiger partial charge < -0.3 is 4.57 Å². The maximum absolute atomic E-state index is 3.95. The highest BCUT2D eigenvalue weighted by molar-refractivity contribution is 4.82. The Kier molecular flexibility index (Phi) is 8.84. The minimum absolute atomic E-state index is 0.177. The summed E-state index contributed by atoms with van der Waals surface area (Å²) in [6.07, 6.45) is 14.1. The molecule has 0 saturated heterocycles. The van der Waals surface area contributed by atoms with Crippen LogP contribution in [0.1, 0.15) is 87.0 Å². The molecule has 0 aromatic carbocycles. The summed E-state index contributed by atoms with van der Waals surface area (Å²) in [5.41, 5.74) is 0.725. The van der Waals surface area contributed by atoms with Crippen LogP contribution in [0.3, 0.4) is 0 Å². The van der Waals surface area contributed by atoms with E-state index in [-0.39, 0.29) is 5.54 Å². The second-order valence-electron chi connectivity index (χ2n) is 7.87. The van der Waals surface area contributed by atoms with Crippen LogP contribution in [0.25, 0.3) is 0 Å². The van der Waals surface area contributed by atoms with Gasteiger partial charge in [-0.2, -0.15) is 0 Å². The fourth-order valence-corrected chi connectivity index (χ4v) is 1.91. The monoisotopic (exact) mass is 280 g/mol. The first kappa shape index (κ1) is 19.2. The number of imidazole rings is 1. The molecule has 1 aromatic rings. The van der Waals surface area contributed by atoms with Crippen LogP contribution in [0.2, 0.25) is 0 Å². The molecule has 0 bridgehead atoms. The van der Waals surface area contributed by atoms with Crippen LogP contribution in [0.15, 0.2) is 18.7 Å². The van der Waals surface area contributed by atoms with E-state index in [4.69, 9.17) is 0 Å². The van der Waals surface area contributed by atoms with Gasteiger partial charge in [0.25, 0.3) is 0 Å². The topological polar surface area (TPSA) is 17.8 Å². The quantitative estimate of drug-likeness (QED) is 0.602. The molecule has 2 nitrogen and oxygen atoms in total. The molecule has 0 radical (unpaired) electrons. The molecular formula is C18H36N2. The fraction of sp³-hybridized carbons (Fsp3) is 0.833. The number of hydrogen-bond acceptors (Lipinski definition) is 1. The highest BCUT2D eigenvalue weighted by atomic mass is 15.1. The predicted molar refractivity (Wildman–Crippen MR) is 90.1 cm³/mol. The molecule has 1 heterocycles. The Morgan fingerprint density at radius 1 is 0.900 bits per heavy atom. The van der Waals surface area contributed by atoms with Crippen molar-refractivity contribution in [2.75, 3.05) is 0 Å². The van der Waals surface area contributed by atoms with Gasteiger partial charge in [0.15, 0.2) is 0 Å². The Balaban J connectivity index is 0.000000367. The van der Waals surface area contributed by atoms with Crippen molar-refractivity contribution in [2.45, 2.75) is 92.5 Å². The number of rotatable bonds is 5. The Morgan fingerprint density at radius 2 is 1.50 bits per heavy atom. The highest BCUT2D eigenvalue weighted by Gasteiger charge is 2.10. The van der Waals surface area contributed by atoms with Gasteiger partial charge in [0, 0.05) is 17.9 Å². The van der Waals surface area contributed by atoms with E-state index in [9.17, 15) is 0 Å². The molecule has 118 valence electrons. The van der Waals surface area contributed by atoms with Crippen molar-refractivity contribution in [3.8, 4) is 0 Å². The lowest BCUT2D eigenvalue weighted by Crippen LogP contribution is -2.19. The van der Waals surface area contributed by atoms with Crippen molar-refractivity contribution in [1.29, 1.82) is 0 Å². The molecule has 0 saturated carbocycles. The Morgan fingerprint density at radius 3 is 1.85 bits per heavy atom. The third-order valence-electron chi connectivity index (χ3n) is 3.31. The predicted octanol–water partition coefficient (Wildman–Crippen LogP) is 6.03. The standard InChI is InChI=1S/C11H24.C7H12N2/c1-5-6-7-8-9-10-11(2,3)4;1-7(2,3)9-5-4-8-6-9/h5-10H2,1-4H3;4-6H,1-3H3. The third kappa shape index (κ3) is 11.1. The summed E-state index contributed by atoms with van der Waals surface area (Å²) < 4.78 is 2.08. The molecule has 0 unspecified atom stereocenters. The Labute approximate surface area is 127 Å². The van der Waals surface area contributed by atoms with Gasteiger partial charge in [0.1, 0.15) is 0 Å². The van der Waals surface area contributed by atoms with Crippen LogP contribution in [0, 0.1) is 5.41 Å². The van der Waals surface area contributed by atoms with Crippen LogP contribution in [-0.4, -0.2) is 9.55 Å². The minimum atomic E-state index is 0.177. The molecule has 1 rings (SSSR count). The van der Waals surface area contributed by atoms with Crippen molar-refractivity contribution in [1.82, 2.24) is 9.55 Å². The maximum Gasteiger partial charge on any atom is 0.0950 e. The van der Waals surface area contributed by atoms with Gasteiger partial charge >= 0.3 is 0 Å². The lowest BCUT2D eigenvalue weighted by molar-refractivity contribution is 0.357. The normalized spacial score (nSPS) is 11.9. The fourth-order valence-electron chi connectivity index (χ4n) is 1.91. The van der Waals surface area contributed by atoms with Gasteiger partial charge in [-0.1, -0.05) is 59.8 Å². The van der Waals surface area contributed by atoms with Gasteiger partial charge in [-0.25, -0.2) is 4.98 Å². The first-order chi connectivity index (χ1) is 9.17. The van der Waals surface area contributed by atoms with Gasteiger partial charge in [-0.3, -0.25) is 0 Å². The molecule has 20 heavy (non-hydrogen) atoms. The van der Waals surface area contributed by atoms with E-state index < -0.39 is 0 Å². The van der Waals surface area contributed by atoms with E-state index in [0.29, 0.717) is 5.41 Å². The number of hydrogen-bond donors (Lipinski definition) is 0. The van der Waals surface area contributed by atoms with E-state index in [1.807, 2.05) is 12.5 Å². The third-order valence-corrected chi connectivity index (χ3v) is 3.31. The lowest BCUT2D eigenvalue weighted by atomic mass is 9.89. The van der Waals surface area contributed by atoms with E-state index in [1.54, 1.807) is 6.20 Å². The Hall–Kier alpha value is -0.790. The van der Waals surface area contributed by atoms with E-state index in [2.05, 4.69) is 58.0 Å². The SMILES string of the molecule is CC(C)(C)n1ccnc1.CCCCCCCC(C)(C)C. The molecule has 0 aliphatic carbocycles. The minimum Gasteiger partial charge on any atom is -0.332 e. The summed E-state index contributed by atoms with van der Waals surface area (Å²) in [7, 11) is 0. The average Bonchev–Trinajstić information content (AvgIpc) is 2.81. The molecule has 0 spiro atoms.